The molecule has 2 aliphatic heterocycles. The number of anilines is 2. The zero-order chi connectivity index (χ0) is 25.8. The number of amides is 3. The first-order chi connectivity index (χ1) is 17.3. The van der Waals surface area contributed by atoms with Crippen LogP contribution < -0.4 is 10.2 Å². The van der Waals surface area contributed by atoms with Crippen LogP contribution in [0.5, 0.6) is 0 Å². The van der Waals surface area contributed by atoms with Crippen LogP contribution in [0.25, 0.3) is 5.57 Å². The summed E-state index contributed by atoms with van der Waals surface area (Å²) in [6.07, 6.45) is 4.23. The molecule has 0 spiro atoms. The van der Waals surface area contributed by atoms with Crippen LogP contribution in [0, 0.1) is 12.8 Å². The fourth-order valence-corrected chi connectivity index (χ4v) is 5.87. The second kappa shape index (κ2) is 11.4. The minimum absolute atomic E-state index is 0.150. The van der Waals surface area contributed by atoms with E-state index in [4.69, 9.17) is 12.2 Å². The summed E-state index contributed by atoms with van der Waals surface area (Å²) >= 11 is 6.76. The molecule has 0 bridgehead atoms. The summed E-state index contributed by atoms with van der Waals surface area (Å²) in [6, 6.07) is 14.8. The molecule has 0 aromatic heterocycles. The summed E-state index contributed by atoms with van der Waals surface area (Å²) in [6.45, 7) is 6.68. The zero-order valence-electron chi connectivity index (χ0n) is 20.9. The van der Waals surface area contributed by atoms with E-state index in [1.165, 1.54) is 16.7 Å². The minimum atomic E-state index is -0.353. The highest BCUT2D eigenvalue weighted by atomic mass is 32.2. The number of para-hydroxylation sites is 1. The molecule has 6 nitrogen and oxygen atoms in total. The van der Waals surface area contributed by atoms with Crippen molar-refractivity contribution in [3.8, 4) is 0 Å². The van der Waals surface area contributed by atoms with Crippen LogP contribution in [0.2, 0.25) is 0 Å². The third kappa shape index (κ3) is 5.39. The lowest BCUT2D eigenvalue weighted by Crippen LogP contribution is -2.36. The van der Waals surface area contributed by atoms with Gasteiger partial charge in [0.1, 0.15) is 10.9 Å². The Morgan fingerprint density at radius 2 is 1.75 bits per heavy atom. The average molecular weight is 522 g/mol. The number of aryl methyl sites for hydroxylation is 1. The van der Waals surface area contributed by atoms with Gasteiger partial charge >= 0.3 is 0 Å². The van der Waals surface area contributed by atoms with E-state index in [1.54, 1.807) is 11.0 Å². The smallest absolute Gasteiger partial charge is 0.267 e. The topological polar surface area (TPSA) is 69.7 Å². The molecule has 2 aromatic rings. The predicted octanol–water partition coefficient (Wildman–Crippen LogP) is 5.77. The molecule has 2 aromatic carbocycles. The van der Waals surface area contributed by atoms with E-state index in [-0.39, 0.29) is 24.3 Å². The number of rotatable bonds is 9. The molecule has 36 heavy (non-hydrogen) atoms. The second-order valence-corrected chi connectivity index (χ2v) is 10.9. The molecule has 0 radical (unpaired) electrons. The Balaban J connectivity index is 1.58. The van der Waals surface area contributed by atoms with Gasteiger partial charge in [-0.15, -0.1) is 0 Å². The van der Waals surface area contributed by atoms with Gasteiger partial charge in [0.2, 0.25) is 5.91 Å². The fraction of sp³-hybridized carbons (Fsp3) is 0.357. The fourth-order valence-electron chi connectivity index (χ4n) is 4.52. The average Bonchev–Trinajstić information content (AvgIpc) is 3.30. The number of carbonyl (C=O) groups excluding carboxylic acids is 3. The number of thioether (sulfide) groups is 1. The number of nitrogens with one attached hydrogen (secondary N) is 1. The highest BCUT2D eigenvalue weighted by Crippen LogP contribution is 2.44. The van der Waals surface area contributed by atoms with E-state index in [2.05, 4.69) is 19.2 Å². The molecule has 8 heteroatoms. The standard InChI is InChI=1S/C28H31N3O3S2/c1-4-6-9-19(5-2)16-31-27(34)25(36-28(31)35)24-21-10-7-8-11-22(21)30(26(24)33)17-23(32)29-20-14-12-18(3)13-15-20/h7-8,10-15,19H,4-6,9,16-17H2,1-3H3,(H,29,32)/b25-24-/t19-/m1/s1. The van der Waals surface area contributed by atoms with Gasteiger partial charge in [0.05, 0.1) is 16.2 Å². The minimum Gasteiger partial charge on any atom is -0.325 e. The van der Waals surface area contributed by atoms with Gasteiger partial charge in [-0.3, -0.25) is 24.2 Å². The summed E-state index contributed by atoms with van der Waals surface area (Å²) in [5.41, 5.74) is 3.37. The molecule has 0 unspecified atom stereocenters. The van der Waals surface area contributed by atoms with Gasteiger partial charge in [0.25, 0.3) is 11.8 Å². The number of hydrogen-bond donors (Lipinski definition) is 1. The lowest BCUT2D eigenvalue weighted by Gasteiger charge is -2.21. The van der Waals surface area contributed by atoms with E-state index in [1.807, 2.05) is 49.4 Å². The molecule has 1 saturated heterocycles. The highest BCUT2D eigenvalue weighted by Gasteiger charge is 2.42. The number of benzene rings is 2. The Labute approximate surface area is 222 Å². The number of carbonyl (C=O) groups is 3. The Bertz CT molecular complexity index is 1220. The van der Waals surface area contributed by atoms with Crippen LogP contribution in [0.4, 0.5) is 11.4 Å². The summed E-state index contributed by atoms with van der Waals surface area (Å²) in [5.74, 6) is -0.513. The number of hydrogen-bond acceptors (Lipinski definition) is 5. The van der Waals surface area contributed by atoms with Crippen LogP contribution in [0.3, 0.4) is 0 Å². The van der Waals surface area contributed by atoms with E-state index in [9.17, 15) is 14.4 Å². The zero-order valence-corrected chi connectivity index (χ0v) is 22.5. The lowest BCUT2D eigenvalue weighted by atomic mass is 9.98. The molecule has 2 aliphatic rings. The van der Waals surface area contributed by atoms with Crippen molar-refractivity contribution in [2.24, 2.45) is 5.92 Å². The predicted molar refractivity (Wildman–Crippen MR) is 151 cm³/mol. The molecule has 2 heterocycles. The summed E-state index contributed by atoms with van der Waals surface area (Å²) in [7, 11) is 0. The molecule has 1 fully saturated rings. The Morgan fingerprint density at radius 1 is 1.03 bits per heavy atom. The lowest BCUT2D eigenvalue weighted by molar-refractivity contribution is -0.123. The van der Waals surface area contributed by atoms with Crippen LogP contribution in [0.1, 0.15) is 50.7 Å². The summed E-state index contributed by atoms with van der Waals surface area (Å²) < 4.78 is 0.485. The van der Waals surface area contributed by atoms with E-state index in [0.717, 1.165) is 31.2 Å². The Kier molecular flexibility index (Phi) is 8.26. The molecule has 3 amide bonds. The third-order valence-corrected chi connectivity index (χ3v) is 8.07. The van der Waals surface area contributed by atoms with Crippen molar-refractivity contribution in [3.63, 3.8) is 0 Å². The molecule has 4 rings (SSSR count). The van der Waals surface area contributed by atoms with Gasteiger partial charge in [0, 0.05) is 17.8 Å². The highest BCUT2D eigenvalue weighted by molar-refractivity contribution is 8.26. The largest absolute Gasteiger partial charge is 0.325 e. The second-order valence-electron chi connectivity index (χ2n) is 9.23. The molecule has 1 N–H and O–H groups in total. The number of nitrogens with zero attached hydrogens (tertiary/aromatic N) is 2. The van der Waals surface area contributed by atoms with E-state index < -0.39 is 0 Å². The van der Waals surface area contributed by atoms with Crippen LogP contribution in [-0.2, 0) is 14.4 Å². The van der Waals surface area contributed by atoms with Crippen LogP contribution in [0.15, 0.2) is 53.4 Å². The van der Waals surface area contributed by atoms with Crippen molar-refractivity contribution in [2.75, 3.05) is 23.3 Å². The van der Waals surface area contributed by atoms with Crippen molar-refractivity contribution < 1.29 is 14.4 Å². The van der Waals surface area contributed by atoms with Crippen LogP contribution >= 0.6 is 24.0 Å². The van der Waals surface area contributed by atoms with Gasteiger partial charge in [-0.25, -0.2) is 0 Å². The van der Waals surface area contributed by atoms with Crippen molar-refractivity contribution in [1.29, 1.82) is 0 Å². The number of unbranched alkanes of at least 4 members (excludes halogenated alkanes) is 1. The normalized spacial score (nSPS) is 18.1. The third-order valence-electron chi connectivity index (χ3n) is 6.62. The molecular weight excluding hydrogens is 490 g/mol. The maximum atomic E-state index is 13.6. The first-order valence-corrected chi connectivity index (χ1v) is 13.6. The monoisotopic (exact) mass is 521 g/mol. The van der Waals surface area contributed by atoms with Gasteiger partial charge in [0.15, 0.2) is 0 Å². The van der Waals surface area contributed by atoms with Gasteiger partial charge in [-0.2, -0.15) is 0 Å². The van der Waals surface area contributed by atoms with Crippen LogP contribution in [-0.4, -0.2) is 40.0 Å². The first-order valence-electron chi connectivity index (χ1n) is 12.4. The number of thiocarbonyl (C=S) groups is 1. The van der Waals surface area contributed by atoms with Crippen molar-refractivity contribution >= 4 is 63.0 Å². The van der Waals surface area contributed by atoms with Gasteiger partial charge in [-0.1, -0.05) is 93.0 Å². The maximum absolute atomic E-state index is 13.6. The molecule has 0 saturated carbocycles. The maximum Gasteiger partial charge on any atom is 0.267 e. The Morgan fingerprint density at radius 3 is 2.44 bits per heavy atom. The van der Waals surface area contributed by atoms with E-state index >= 15 is 0 Å². The summed E-state index contributed by atoms with van der Waals surface area (Å²) in [5, 5.41) is 2.85. The van der Waals surface area contributed by atoms with Crippen molar-refractivity contribution in [3.05, 3.63) is 64.6 Å². The summed E-state index contributed by atoms with van der Waals surface area (Å²) in [4.78, 5) is 43.4. The van der Waals surface area contributed by atoms with Gasteiger partial charge in [-0.05, 0) is 37.5 Å². The quantitative estimate of drug-likeness (QED) is 0.335. The number of fused-ring (bicyclic) bond motifs is 1. The Hall–Kier alpha value is -2.97. The molecular formula is C28H31N3O3S2. The van der Waals surface area contributed by atoms with Crippen molar-refractivity contribution in [1.82, 2.24) is 4.90 Å². The molecule has 0 aliphatic carbocycles. The van der Waals surface area contributed by atoms with Gasteiger partial charge < -0.3 is 5.32 Å². The SMILES string of the molecule is CCCC[C@@H](CC)CN1C(=O)/C(=C2/C(=O)N(CC(=O)Nc3ccc(C)cc3)c3ccccc32)SC1=S. The van der Waals surface area contributed by atoms with E-state index in [0.29, 0.717) is 44.2 Å². The molecule has 188 valence electrons. The molecule has 1 atom stereocenters. The van der Waals surface area contributed by atoms with Crippen molar-refractivity contribution in [2.45, 2.75) is 46.5 Å². The first kappa shape index (κ1) is 26.1.